The van der Waals surface area contributed by atoms with Crippen LogP contribution in [0.15, 0.2) is 12.1 Å². The van der Waals surface area contributed by atoms with Gasteiger partial charge in [-0.2, -0.15) is 0 Å². The monoisotopic (exact) mass is 306 g/mol. The number of amides is 1. The molecule has 1 fully saturated rings. The Morgan fingerprint density at radius 3 is 2.64 bits per heavy atom. The van der Waals surface area contributed by atoms with Crippen LogP contribution in [-0.4, -0.2) is 51.8 Å². The molecule has 0 aliphatic carbocycles. The van der Waals surface area contributed by atoms with Crippen molar-refractivity contribution in [2.24, 2.45) is 0 Å². The Kier molecular flexibility index (Phi) is 4.77. The van der Waals surface area contributed by atoms with Crippen LogP contribution in [0, 0.1) is 6.92 Å². The molecule has 22 heavy (non-hydrogen) atoms. The van der Waals surface area contributed by atoms with Crippen molar-refractivity contribution in [3.8, 4) is 0 Å². The molecule has 1 aliphatic heterocycles. The molecule has 120 valence electrons. The van der Waals surface area contributed by atoms with Crippen LogP contribution in [0.4, 0.5) is 4.79 Å². The lowest BCUT2D eigenvalue weighted by atomic mass is 9.79. The molecule has 0 bridgehead atoms. The third-order valence-electron chi connectivity index (χ3n) is 3.68. The third kappa shape index (κ3) is 3.98. The molecule has 1 saturated heterocycles. The fourth-order valence-electron chi connectivity index (χ4n) is 2.59. The minimum absolute atomic E-state index is 0.149. The predicted molar refractivity (Wildman–Crippen MR) is 84.0 cm³/mol. The first-order chi connectivity index (χ1) is 10.2. The van der Waals surface area contributed by atoms with Crippen LogP contribution in [0.1, 0.15) is 44.5 Å². The second-order valence-corrected chi connectivity index (χ2v) is 6.70. The van der Waals surface area contributed by atoms with Crippen LogP contribution < -0.4 is 5.46 Å². The van der Waals surface area contributed by atoms with Crippen LogP contribution in [0.3, 0.4) is 0 Å². The van der Waals surface area contributed by atoms with Gasteiger partial charge in [0.1, 0.15) is 5.60 Å². The van der Waals surface area contributed by atoms with Crippen LogP contribution in [0.5, 0.6) is 0 Å². The van der Waals surface area contributed by atoms with Gasteiger partial charge in [-0.1, -0.05) is 6.07 Å². The van der Waals surface area contributed by atoms with Crippen LogP contribution in [0.25, 0.3) is 0 Å². The maximum absolute atomic E-state index is 12.1. The first-order valence-electron chi connectivity index (χ1n) is 7.49. The van der Waals surface area contributed by atoms with E-state index in [4.69, 9.17) is 4.74 Å². The van der Waals surface area contributed by atoms with E-state index >= 15 is 0 Å². The lowest BCUT2D eigenvalue weighted by Gasteiger charge is -2.24. The second-order valence-electron chi connectivity index (χ2n) is 6.70. The molecular formula is C15H23BN2O4. The van der Waals surface area contributed by atoms with Crippen LogP contribution in [0.2, 0.25) is 0 Å². The SMILES string of the molecule is Cc1nc(C2CCN(C(=O)OC(C)(C)C)C2)ccc1B(O)O. The highest BCUT2D eigenvalue weighted by atomic mass is 16.6. The van der Waals surface area contributed by atoms with E-state index in [2.05, 4.69) is 4.98 Å². The van der Waals surface area contributed by atoms with Crippen molar-refractivity contribution < 1.29 is 19.6 Å². The fraction of sp³-hybridized carbons (Fsp3) is 0.600. The molecule has 2 N–H and O–H groups in total. The standard InChI is InChI=1S/C15H23BN2O4/c1-10-12(16(20)21)5-6-13(17-10)11-7-8-18(9-11)14(19)22-15(2,3)4/h5-6,11,20-21H,7-9H2,1-4H3. The van der Waals surface area contributed by atoms with Crippen molar-refractivity contribution >= 4 is 18.7 Å². The van der Waals surface area contributed by atoms with Crippen molar-refractivity contribution in [1.29, 1.82) is 0 Å². The molecule has 1 atom stereocenters. The van der Waals surface area contributed by atoms with Crippen molar-refractivity contribution in [3.63, 3.8) is 0 Å². The Morgan fingerprint density at radius 1 is 1.41 bits per heavy atom. The van der Waals surface area contributed by atoms with Crippen molar-refractivity contribution in [2.45, 2.75) is 45.6 Å². The molecule has 6 nitrogen and oxygen atoms in total. The number of ether oxygens (including phenoxy) is 1. The molecule has 7 heteroatoms. The Bertz CT molecular complexity index is 557. The highest BCUT2D eigenvalue weighted by molar-refractivity contribution is 6.59. The van der Waals surface area contributed by atoms with Gasteiger partial charge in [0.05, 0.1) is 0 Å². The van der Waals surface area contributed by atoms with E-state index in [1.54, 1.807) is 24.0 Å². The van der Waals surface area contributed by atoms with Gasteiger partial charge in [0.15, 0.2) is 0 Å². The second kappa shape index (κ2) is 6.26. The largest absolute Gasteiger partial charge is 0.490 e. The van der Waals surface area contributed by atoms with E-state index in [1.165, 1.54) is 0 Å². The molecule has 0 radical (unpaired) electrons. The zero-order chi connectivity index (χ0) is 16.5. The number of likely N-dealkylation sites (tertiary alicyclic amines) is 1. The first-order valence-corrected chi connectivity index (χ1v) is 7.49. The number of hydrogen-bond donors (Lipinski definition) is 2. The van der Waals surface area contributed by atoms with Gasteiger partial charge >= 0.3 is 13.2 Å². The zero-order valence-electron chi connectivity index (χ0n) is 13.5. The van der Waals surface area contributed by atoms with E-state index in [9.17, 15) is 14.8 Å². The smallest absolute Gasteiger partial charge is 0.444 e. The Hall–Kier alpha value is -1.60. The molecule has 2 heterocycles. The van der Waals surface area contributed by atoms with E-state index in [1.807, 2.05) is 20.8 Å². The average molecular weight is 306 g/mol. The topological polar surface area (TPSA) is 82.9 Å². The number of nitrogens with zero attached hydrogens (tertiary/aromatic N) is 2. The van der Waals surface area contributed by atoms with Gasteiger partial charge in [-0.3, -0.25) is 4.98 Å². The lowest BCUT2D eigenvalue weighted by Crippen LogP contribution is -2.35. The minimum Gasteiger partial charge on any atom is -0.444 e. The molecule has 1 amide bonds. The summed E-state index contributed by atoms with van der Waals surface area (Å²) in [5, 5.41) is 18.5. The molecule has 1 unspecified atom stereocenters. The Labute approximate surface area is 131 Å². The number of aromatic nitrogens is 1. The van der Waals surface area contributed by atoms with Gasteiger partial charge in [-0.05, 0) is 40.2 Å². The quantitative estimate of drug-likeness (QED) is 0.790. The molecule has 0 aromatic carbocycles. The number of aryl methyl sites for hydroxylation is 1. The molecule has 1 aromatic rings. The summed E-state index contributed by atoms with van der Waals surface area (Å²) in [7, 11) is -1.51. The number of hydrogen-bond acceptors (Lipinski definition) is 5. The lowest BCUT2D eigenvalue weighted by molar-refractivity contribution is 0.0292. The summed E-state index contributed by atoms with van der Waals surface area (Å²) in [5.74, 6) is 0.149. The van der Waals surface area contributed by atoms with E-state index < -0.39 is 12.7 Å². The first kappa shape index (κ1) is 16.8. The van der Waals surface area contributed by atoms with Gasteiger partial charge in [0.2, 0.25) is 0 Å². The fourth-order valence-corrected chi connectivity index (χ4v) is 2.59. The summed E-state index contributed by atoms with van der Waals surface area (Å²) in [6, 6.07) is 3.48. The van der Waals surface area contributed by atoms with Crippen molar-refractivity contribution in [3.05, 3.63) is 23.5 Å². The summed E-state index contributed by atoms with van der Waals surface area (Å²) < 4.78 is 5.38. The van der Waals surface area contributed by atoms with Crippen LogP contribution in [-0.2, 0) is 4.74 Å². The van der Waals surface area contributed by atoms with Gasteiger partial charge in [0, 0.05) is 35.9 Å². The summed E-state index contributed by atoms with van der Waals surface area (Å²) in [5.41, 5.74) is 1.38. The van der Waals surface area contributed by atoms with Gasteiger partial charge in [-0.25, -0.2) is 4.79 Å². The highest BCUT2D eigenvalue weighted by Crippen LogP contribution is 2.27. The molecule has 1 aliphatic rings. The minimum atomic E-state index is -1.51. The molecular weight excluding hydrogens is 283 g/mol. The average Bonchev–Trinajstić information content (AvgIpc) is 2.85. The molecule has 1 aromatic heterocycles. The summed E-state index contributed by atoms with van der Waals surface area (Å²) in [4.78, 5) is 18.2. The Morgan fingerprint density at radius 2 is 2.09 bits per heavy atom. The molecule has 0 spiro atoms. The van der Waals surface area contributed by atoms with Crippen molar-refractivity contribution in [1.82, 2.24) is 9.88 Å². The Balaban J connectivity index is 2.04. The number of rotatable bonds is 2. The highest BCUT2D eigenvalue weighted by Gasteiger charge is 2.31. The van der Waals surface area contributed by atoms with E-state index in [0.717, 1.165) is 12.1 Å². The number of carbonyl (C=O) groups excluding carboxylic acids is 1. The van der Waals surface area contributed by atoms with Crippen LogP contribution >= 0.6 is 0 Å². The van der Waals surface area contributed by atoms with Gasteiger partial charge in [-0.15, -0.1) is 0 Å². The van der Waals surface area contributed by atoms with Crippen molar-refractivity contribution in [2.75, 3.05) is 13.1 Å². The summed E-state index contributed by atoms with van der Waals surface area (Å²) in [6.07, 6.45) is 0.529. The maximum atomic E-state index is 12.1. The predicted octanol–water partition coefficient (Wildman–Crippen LogP) is 0.794. The van der Waals surface area contributed by atoms with Gasteiger partial charge < -0.3 is 19.7 Å². The van der Waals surface area contributed by atoms with E-state index in [-0.39, 0.29) is 12.0 Å². The number of pyridine rings is 1. The maximum Gasteiger partial charge on any atom is 0.490 e. The summed E-state index contributed by atoms with van der Waals surface area (Å²) in [6.45, 7) is 8.51. The van der Waals surface area contributed by atoms with Gasteiger partial charge in [0.25, 0.3) is 0 Å². The van der Waals surface area contributed by atoms with E-state index in [0.29, 0.717) is 24.2 Å². The normalized spacial score (nSPS) is 18.5. The molecule has 0 saturated carbocycles. The zero-order valence-corrected chi connectivity index (χ0v) is 13.5. The molecule has 2 rings (SSSR count). The number of carbonyl (C=O) groups is 1. The third-order valence-corrected chi connectivity index (χ3v) is 3.68. The summed E-state index contributed by atoms with van der Waals surface area (Å²) >= 11 is 0.